The highest BCUT2D eigenvalue weighted by molar-refractivity contribution is 5.91. The third kappa shape index (κ3) is 4.27. The summed E-state index contributed by atoms with van der Waals surface area (Å²) in [4.78, 5) is 20.5. The second kappa shape index (κ2) is 8.78. The average molecular weight is 381 g/mol. The first kappa shape index (κ1) is 19.7. The molecule has 2 amide bonds. The zero-order valence-electron chi connectivity index (χ0n) is 16.7. The summed E-state index contributed by atoms with van der Waals surface area (Å²) in [6, 6.07) is 11.6. The Kier molecular flexibility index (Phi) is 6.19. The van der Waals surface area contributed by atoms with Crippen molar-refractivity contribution >= 4 is 17.3 Å². The van der Waals surface area contributed by atoms with Crippen LogP contribution in [0, 0.1) is 5.92 Å². The minimum Gasteiger partial charge on any atom is -0.497 e. The van der Waals surface area contributed by atoms with Crippen molar-refractivity contribution in [3.05, 3.63) is 54.7 Å². The average Bonchev–Trinajstić information content (AvgIpc) is 2.77. The van der Waals surface area contributed by atoms with E-state index in [4.69, 9.17) is 9.47 Å². The summed E-state index contributed by atoms with van der Waals surface area (Å²) in [5, 5.41) is 0. The highest BCUT2D eigenvalue weighted by Crippen LogP contribution is 2.32. The van der Waals surface area contributed by atoms with Crippen molar-refractivity contribution in [3.8, 4) is 11.6 Å². The molecule has 28 heavy (non-hydrogen) atoms. The third-order valence-corrected chi connectivity index (χ3v) is 5.30. The lowest BCUT2D eigenvalue weighted by Gasteiger charge is -2.35. The van der Waals surface area contributed by atoms with Crippen molar-refractivity contribution in [2.75, 3.05) is 39.3 Å². The molecule has 0 unspecified atom stereocenters. The lowest BCUT2D eigenvalue weighted by molar-refractivity contribution is 0.187. The van der Waals surface area contributed by atoms with Gasteiger partial charge in [0, 0.05) is 26.2 Å². The third-order valence-electron chi connectivity index (χ3n) is 5.30. The van der Waals surface area contributed by atoms with Gasteiger partial charge in [-0.3, -0.25) is 4.90 Å². The maximum atomic E-state index is 12.8. The van der Waals surface area contributed by atoms with Gasteiger partial charge < -0.3 is 14.4 Å². The van der Waals surface area contributed by atoms with E-state index in [1.807, 2.05) is 29.2 Å². The van der Waals surface area contributed by atoms with Gasteiger partial charge in [0.25, 0.3) is 0 Å². The summed E-state index contributed by atoms with van der Waals surface area (Å²) in [5.74, 6) is 1.73. The molecule has 0 saturated carbocycles. The van der Waals surface area contributed by atoms with Crippen LogP contribution in [0.25, 0.3) is 5.57 Å². The summed E-state index contributed by atoms with van der Waals surface area (Å²) in [6.45, 7) is 5.72. The Morgan fingerprint density at radius 2 is 1.93 bits per heavy atom. The van der Waals surface area contributed by atoms with Crippen LogP contribution in [0.5, 0.6) is 11.6 Å². The van der Waals surface area contributed by atoms with Crippen LogP contribution in [0.15, 0.2) is 49.2 Å². The second-order valence-corrected chi connectivity index (χ2v) is 6.92. The van der Waals surface area contributed by atoms with Gasteiger partial charge in [-0.05, 0) is 48.1 Å². The van der Waals surface area contributed by atoms with Gasteiger partial charge in [0.05, 0.1) is 26.1 Å². The number of benzene rings is 1. The van der Waals surface area contributed by atoms with Crippen LogP contribution >= 0.6 is 0 Å². The van der Waals surface area contributed by atoms with Crippen LogP contribution in [0.2, 0.25) is 0 Å². The molecule has 0 radical (unpaired) electrons. The summed E-state index contributed by atoms with van der Waals surface area (Å²) in [5.41, 5.74) is 2.96. The molecule has 6 heteroatoms. The fourth-order valence-electron chi connectivity index (χ4n) is 3.49. The molecule has 1 aromatic carbocycles. The molecule has 148 valence electrons. The maximum Gasteiger partial charge on any atom is 0.324 e. The Labute approximate surface area is 166 Å². The first-order valence-corrected chi connectivity index (χ1v) is 9.39. The number of methoxy groups -OCH3 is 2. The molecule has 3 rings (SSSR count). The van der Waals surface area contributed by atoms with E-state index in [-0.39, 0.29) is 6.03 Å². The van der Waals surface area contributed by atoms with Gasteiger partial charge in [-0.15, -0.1) is 0 Å². The van der Waals surface area contributed by atoms with Crippen LogP contribution < -0.4 is 14.4 Å². The highest BCUT2D eigenvalue weighted by atomic mass is 16.5. The number of carbonyl (C=O) groups excluding carboxylic acids is 1. The molecule has 2 heterocycles. The predicted molar refractivity (Wildman–Crippen MR) is 111 cm³/mol. The van der Waals surface area contributed by atoms with Crippen LogP contribution in [0.4, 0.5) is 10.5 Å². The van der Waals surface area contributed by atoms with Crippen LogP contribution in [-0.4, -0.2) is 50.3 Å². The number of pyridine rings is 1. The number of piperidine rings is 1. The number of ether oxygens (including phenoxy) is 2. The molecule has 0 aliphatic carbocycles. The monoisotopic (exact) mass is 381 g/mol. The van der Waals surface area contributed by atoms with E-state index in [1.165, 1.54) is 0 Å². The summed E-state index contributed by atoms with van der Waals surface area (Å²) >= 11 is 0. The van der Waals surface area contributed by atoms with Gasteiger partial charge in [-0.2, -0.15) is 0 Å². The fraction of sp³-hybridized carbons (Fsp3) is 0.364. The number of amides is 2. The largest absolute Gasteiger partial charge is 0.497 e. The summed E-state index contributed by atoms with van der Waals surface area (Å²) in [7, 11) is 5.01. The number of anilines is 1. The minimum atomic E-state index is -0.0163. The zero-order valence-corrected chi connectivity index (χ0v) is 16.7. The van der Waals surface area contributed by atoms with Crippen molar-refractivity contribution < 1.29 is 14.3 Å². The predicted octanol–water partition coefficient (Wildman–Crippen LogP) is 4.08. The summed E-state index contributed by atoms with van der Waals surface area (Å²) in [6.07, 6.45) is 3.45. The second-order valence-electron chi connectivity index (χ2n) is 6.92. The Balaban J connectivity index is 1.59. The zero-order chi connectivity index (χ0) is 20.1. The number of nitrogens with zero attached hydrogens (tertiary/aromatic N) is 3. The number of hydrogen-bond donors (Lipinski definition) is 0. The number of hydrogen-bond acceptors (Lipinski definition) is 4. The number of rotatable bonds is 5. The van der Waals surface area contributed by atoms with Gasteiger partial charge in [0.2, 0.25) is 5.88 Å². The Hall–Kier alpha value is -3.02. The normalized spacial score (nSPS) is 14.5. The number of aromatic nitrogens is 1. The Morgan fingerprint density at radius 3 is 2.54 bits per heavy atom. The standard InChI is InChI=1S/C22H27N3O3/c1-16(18-6-5-7-20(14-18)27-3)17-10-12-25(13-11-17)22(26)24(2)19-8-9-21(28-4)23-15-19/h5-9,14-15,17H,1,10-13H2,2-4H3. The molecule has 2 aromatic rings. The van der Waals surface area contributed by atoms with Crippen molar-refractivity contribution in [1.29, 1.82) is 0 Å². The van der Waals surface area contributed by atoms with E-state index in [0.29, 0.717) is 24.9 Å². The van der Waals surface area contributed by atoms with E-state index in [0.717, 1.165) is 35.4 Å². The van der Waals surface area contributed by atoms with Gasteiger partial charge in [-0.1, -0.05) is 18.7 Å². The lowest BCUT2D eigenvalue weighted by atomic mass is 9.86. The molecule has 0 N–H and O–H groups in total. The Bertz CT molecular complexity index is 827. The SMILES string of the molecule is C=C(c1cccc(OC)c1)C1CCN(C(=O)N(C)c2ccc(OC)nc2)CC1. The van der Waals surface area contributed by atoms with Crippen LogP contribution in [0.1, 0.15) is 18.4 Å². The molecule has 6 nitrogen and oxygen atoms in total. The van der Waals surface area contributed by atoms with Gasteiger partial charge in [0.1, 0.15) is 5.75 Å². The molecule has 0 bridgehead atoms. The highest BCUT2D eigenvalue weighted by Gasteiger charge is 2.27. The number of likely N-dealkylation sites (tertiary alicyclic amines) is 1. The van der Waals surface area contributed by atoms with Gasteiger partial charge in [-0.25, -0.2) is 9.78 Å². The molecular weight excluding hydrogens is 354 g/mol. The molecule has 0 atom stereocenters. The van der Waals surface area contributed by atoms with E-state index in [2.05, 4.69) is 17.6 Å². The van der Waals surface area contributed by atoms with Crippen molar-refractivity contribution in [3.63, 3.8) is 0 Å². The number of allylic oxidation sites excluding steroid dienone is 1. The van der Waals surface area contributed by atoms with E-state index in [1.54, 1.807) is 38.4 Å². The Morgan fingerprint density at radius 1 is 1.18 bits per heavy atom. The van der Waals surface area contributed by atoms with Crippen molar-refractivity contribution in [2.45, 2.75) is 12.8 Å². The van der Waals surface area contributed by atoms with E-state index >= 15 is 0 Å². The maximum absolute atomic E-state index is 12.8. The lowest BCUT2D eigenvalue weighted by Crippen LogP contribution is -2.45. The summed E-state index contributed by atoms with van der Waals surface area (Å²) < 4.78 is 10.4. The molecule has 1 aliphatic rings. The molecule has 0 spiro atoms. The van der Waals surface area contributed by atoms with Crippen molar-refractivity contribution in [1.82, 2.24) is 9.88 Å². The fourth-order valence-corrected chi connectivity index (χ4v) is 3.49. The molecule has 1 aliphatic heterocycles. The first-order valence-electron chi connectivity index (χ1n) is 9.39. The molecule has 1 saturated heterocycles. The minimum absolute atomic E-state index is 0.0163. The molecule has 1 aromatic heterocycles. The smallest absolute Gasteiger partial charge is 0.324 e. The van der Waals surface area contributed by atoms with E-state index < -0.39 is 0 Å². The number of carbonyl (C=O) groups is 1. The van der Waals surface area contributed by atoms with Crippen LogP contribution in [0.3, 0.4) is 0 Å². The topological polar surface area (TPSA) is 54.9 Å². The van der Waals surface area contributed by atoms with Crippen molar-refractivity contribution in [2.24, 2.45) is 5.92 Å². The number of urea groups is 1. The first-order chi connectivity index (χ1) is 13.5. The molecular formula is C22H27N3O3. The van der Waals surface area contributed by atoms with Gasteiger partial charge >= 0.3 is 6.03 Å². The van der Waals surface area contributed by atoms with Gasteiger partial charge in [0.15, 0.2) is 0 Å². The van der Waals surface area contributed by atoms with E-state index in [9.17, 15) is 4.79 Å². The quantitative estimate of drug-likeness (QED) is 0.783. The van der Waals surface area contributed by atoms with Crippen LogP contribution in [-0.2, 0) is 0 Å². The molecule has 1 fully saturated rings.